The van der Waals surface area contributed by atoms with Gasteiger partial charge in [0.25, 0.3) is 0 Å². The Labute approximate surface area is 89.9 Å². The van der Waals surface area contributed by atoms with Crippen LogP contribution in [0.25, 0.3) is 0 Å². The molecule has 0 radical (unpaired) electrons. The second kappa shape index (κ2) is 3.35. The summed E-state index contributed by atoms with van der Waals surface area (Å²) >= 11 is 0. The molecular formula is C12H16N2O. The molecule has 1 heterocycles. The van der Waals surface area contributed by atoms with E-state index < -0.39 is 6.23 Å². The summed E-state index contributed by atoms with van der Waals surface area (Å²) < 4.78 is 0. The molecule has 2 N–H and O–H groups in total. The number of nitrogens with one attached hydrogen (secondary N) is 1. The maximum Gasteiger partial charge on any atom is 0.175 e. The Bertz CT molecular complexity index is 404. The first-order valence-electron chi connectivity index (χ1n) is 5.11. The van der Waals surface area contributed by atoms with Crippen molar-refractivity contribution < 1.29 is 5.11 Å². The number of fused-ring (bicyclic) bond motifs is 1. The topological polar surface area (TPSA) is 44.6 Å². The summed E-state index contributed by atoms with van der Waals surface area (Å²) in [6.45, 7) is 6.21. The van der Waals surface area contributed by atoms with E-state index in [0.717, 1.165) is 17.1 Å². The molecule has 0 aliphatic carbocycles. The van der Waals surface area contributed by atoms with Gasteiger partial charge in [0, 0.05) is 16.7 Å². The molecular weight excluding hydrogens is 188 g/mol. The minimum atomic E-state index is -0.739. The minimum absolute atomic E-state index is 0.0749. The van der Waals surface area contributed by atoms with Gasteiger partial charge in [0.2, 0.25) is 0 Å². The maximum absolute atomic E-state index is 9.87. The summed E-state index contributed by atoms with van der Waals surface area (Å²) in [5, 5.41) is 13.1. The summed E-state index contributed by atoms with van der Waals surface area (Å²) in [5.74, 6) is 0.828. The molecule has 1 unspecified atom stereocenters. The number of anilines is 1. The van der Waals surface area contributed by atoms with Crippen molar-refractivity contribution in [1.29, 1.82) is 0 Å². The van der Waals surface area contributed by atoms with Gasteiger partial charge < -0.3 is 10.4 Å². The van der Waals surface area contributed by atoms with Crippen molar-refractivity contribution in [2.45, 2.75) is 27.0 Å². The van der Waals surface area contributed by atoms with E-state index in [1.165, 1.54) is 0 Å². The number of rotatable bonds is 0. The van der Waals surface area contributed by atoms with E-state index in [0.29, 0.717) is 0 Å². The van der Waals surface area contributed by atoms with Gasteiger partial charge in [-0.25, -0.2) is 4.99 Å². The molecule has 1 atom stereocenters. The highest BCUT2D eigenvalue weighted by molar-refractivity contribution is 6.01. The SMILES string of the molecule is CC(C)(C)C1=NC(O)c2ccccc2N1. The normalized spacial score (nSPS) is 20.3. The van der Waals surface area contributed by atoms with E-state index in [1.54, 1.807) is 0 Å². The van der Waals surface area contributed by atoms with Crippen LogP contribution in [0.2, 0.25) is 0 Å². The van der Waals surface area contributed by atoms with Gasteiger partial charge in [-0.15, -0.1) is 0 Å². The lowest BCUT2D eigenvalue weighted by Crippen LogP contribution is -2.32. The monoisotopic (exact) mass is 204 g/mol. The Morgan fingerprint density at radius 2 is 1.93 bits per heavy atom. The predicted octanol–water partition coefficient (Wildman–Crippen LogP) is 2.55. The third kappa shape index (κ3) is 1.88. The Morgan fingerprint density at radius 3 is 2.60 bits per heavy atom. The summed E-state index contributed by atoms with van der Waals surface area (Å²) in [5.41, 5.74) is 1.71. The van der Waals surface area contributed by atoms with E-state index in [1.807, 2.05) is 24.3 Å². The molecule has 1 aromatic rings. The van der Waals surface area contributed by atoms with Crippen LogP contribution in [0.5, 0.6) is 0 Å². The number of hydrogen-bond donors (Lipinski definition) is 2. The predicted molar refractivity (Wildman–Crippen MR) is 61.9 cm³/mol. The quantitative estimate of drug-likeness (QED) is 0.682. The zero-order valence-electron chi connectivity index (χ0n) is 9.28. The summed E-state index contributed by atoms with van der Waals surface area (Å²) in [6, 6.07) is 7.69. The molecule has 1 aliphatic heterocycles. The summed E-state index contributed by atoms with van der Waals surface area (Å²) in [7, 11) is 0. The van der Waals surface area contributed by atoms with Gasteiger partial charge in [-0.1, -0.05) is 39.0 Å². The van der Waals surface area contributed by atoms with Crippen LogP contribution in [-0.4, -0.2) is 10.9 Å². The fourth-order valence-electron chi connectivity index (χ4n) is 1.57. The first-order valence-corrected chi connectivity index (χ1v) is 5.11. The molecule has 3 heteroatoms. The van der Waals surface area contributed by atoms with Crippen LogP contribution >= 0.6 is 0 Å². The fourth-order valence-corrected chi connectivity index (χ4v) is 1.57. The van der Waals surface area contributed by atoms with Gasteiger partial charge in [0.1, 0.15) is 5.84 Å². The lowest BCUT2D eigenvalue weighted by Gasteiger charge is -2.29. The lowest BCUT2D eigenvalue weighted by atomic mass is 9.93. The number of benzene rings is 1. The third-order valence-corrected chi connectivity index (χ3v) is 2.45. The molecule has 1 aromatic carbocycles. The molecule has 0 bridgehead atoms. The van der Waals surface area contributed by atoms with Crippen molar-refractivity contribution in [2.24, 2.45) is 10.4 Å². The summed E-state index contributed by atoms with van der Waals surface area (Å²) in [4.78, 5) is 4.26. The molecule has 2 rings (SSSR count). The fraction of sp³-hybridized carbons (Fsp3) is 0.417. The number of hydrogen-bond acceptors (Lipinski definition) is 3. The maximum atomic E-state index is 9.87. The molecule has 80 valence electrons. The van der Waals surface area contributed by atoms with Crippen LogP contribution in [-0.2, 0) is 0 Å². The molecule has 15 heavy (non-hydrogen) atoms. The van der Waals surface area contributed by atoms with E-state index in [4.69, 9.17) is 0 Å². The van der Waals surface area contributed by atoms with Crippen molar-refractivity contribution in [2.75, 3.05) is 5.32 Å². The smallest absolute Gasteiger partial charge is 0.175 e. The van der Waals surface area contributed by atoms with Crippen LogP contribution in [0.1, 0.15) is 32.6 Å². The molecule has 0 saturated carbocycles. The van der Waals surface area contributed by atoms with Crippen LogP contribution in [0, 0.1) is 5.41 Å². The molecule has 0 aromatic heterocycles. The molecule has 1 aliphatic rings. The second-order valence-electron chi connectivity index (χ2n) is 4.81. The van der Waals surface area contributed by atoms with E-state index >= 15 is 0 Å². The molecule has 0 amide bonds. The van der Waals surface area contributed by atoms with Crippen molar-refractivity contribution in [3.05, 3.63) is 29.8 Å². The molecule has 0 spiro atoms. The van der Waals surface area contributed by atoms with Crippen LogP contribution in [0.15, 0.2) is 29.3 Å². The van der Waals surface area contributed by atoms with Crippen molar-refractivity contribution in [3.63, 3.8) is 0 Å². The molecule has 3 nitrogen and oxygen atoms in total. The zero-order chi connectivity index (χ0) is 11.1. The minimum Gasteiger partial charge on any atom is -0.368 e. The van der Waals surface area contributed by atoms with Gasteiger partial charge in [-0.2, -0.15) is 0 Å². The van der Waals surface area contributed by atoms with Gasteiger partial charge in [0.05, 0.1) is 0 Å². The number of para-hydroxylation sites is 1. The third-order valence-electron chi connectivity index (χ3n) is 2.45. The number of aliphatic imine (C=N–C) groups is 1. The number of amidine groups is 1. The van der Waals surface area contributed by atoms with Crippen LogP contribution in [0.3, 0.4) is 0 Å². The first-order chi connectivity index (χ1) is 6.98. The highest BCUT2D eigenvalue weighted by Crippen LogP contribution is 2.31. The van der Waals surface area contributed by atoms with Crippen molar-refractivity contribution >= 4 is 11.5 Å². The van der Waals surface area contributed by atoms with E-state index in [-0.39, 0.29) is 5.41 Å². The van der Waals surface area contributed by atoms with E-state index in [2.05, 4.69) is 31.1 Å². The Hall–Kier alpha value is -1.35. The van der Waals surface area contributed by atoms with Crippen molar-refractivity contribution in [3.8, 4) is 0 Å². The van der Waals surface area contributed by atoms with Crippen molar-refractivity contribution in [1.82, 2.24) is 0 Å². The first kappa shape index (κ1) is 10.2. The lowest BCUT2D eigenvalue weighted by molar-refractivity contribution is 0.186. The Morgan fingerprint density at radius 1 is 1.27 bits per heavy atom. The van der Waals surface area contributed by atoms with Crippen LogP contribution < -0.4 is 5.32 Å². The standard InChI is InChI=1S/C12H16N2O/c1-12(2,3)11-13-9-7-5-4-6-8(9)10(15)14-11/h4-7,10,15H,1-3H3,(H,13,14). The second-order valence-corrected chi connectivity index (χ2v) is 4.81. The molecule has 0 fully saturated rings. The van der Waals surface area contributed by atoms with Gasteiger partial charge in [-0.3, -0.25) is 0 Å². The van der Waals surface area contributed by atoms with Crippen LogP contribution in [0.4, 0.5) is 5.69 Å². The highest BCUT2D eigenvalue weighted by Gasteiger charge is 2.26. The number of aliphatic hydroxyl groups excluding tert-OH is 1. The summed E-state index contributed by atoms with van der Waals surface area (Å²) in [6.07, 6.45) is -0.739. The Kier molecular flexibility index (Phi) is 2.27. The number of aliphatic hydroxyl groups is 1. The Balaban J connectivity index is 2.40. The largest absolute Gasteiger partial charge is 0.368 e. The number of nitrogens with zero attached hydrogens (tertiary/aromatic N) is 1. The van der Waals surface area contributed by atoms with E-state index in [9.17, 15) is 5.11 Å². The van der Waals surface area contributed by atoms with Gasteiger partial charge >= 0.3 is 0 Å². The molecule has 0 saturated heterocycles. The zero-order valence-corrected chi connectivity index (χ0v) is 9.28. The highest BCUT2D eigenvalue weighted by atomic mass is 16.3. The average molecular weight is 204 g/mol. The van der Waals surface area contributed by atoms with Gasteiger partial charge in [0.15, 0.2) is 6.23 Å². The average Bonchev–Trinajstić information content (AvgIpc) is 2.16. The van der Waals surface area contributed by atoms with Gasteiger partial charge in [-0.05, 0) is 6.07 Å².